The van der Waals surface area contributed by atoms with Gasteiger partial charge in [-0.3, -0.25) is 5.32 Å². The number of carbonyl (C=O) groups is 1. The molecule has 0 heterocycles. The molecule has 1 aromatic carbocycles. The second kappa shape index (κ2) is 7.74. The third-order valence-corrected chi connectivity index (χ3v) is 2.40. The summed E-state index contributed by atoms with van der Waals surface area (Å²) in [5, 5.41) is 5.40. The molecule has 7 heteroatoms. The van der Waals surface area contributed by atoms with Crippen molar-refractivity contribution in [3.05, 3.63) is 29.8 Å². The topological polar surface area (TPSA) is 50.4 Å². The maximum Gasteiger partial charge on any atom is 0.416 e. The Balaban J connectivity index is 2.35. The van der Waals surface area contributed by atoms with Crippen molar-refractivity contribution in [2.75, 3.05) is 25.0 Å². The molecule has 2 N–H and O–H groups in total. The highest BCUT2D eigenvalue weighted by Gasteiger charge is 2.29. The molecule has 0 bridgehead atoms. The van der Waals surface area contributed by atoms with Crippen LogP contribution in [-0.4, -0.2) is 25.8 Å². The van der Waals surface area contributed by atoms with Crippen molar-refractivity contribution in [1.29, 1.82) is 0 Å². The Morgan fingerprint density at radius 2 is 1.85 bits per heavy atom. The van der Waals surface area contributed by atoms with Crippen LogP contribution in [0.3, 0.4) is 0 Å². The van der Waals surface area contributed by atoms with E-state index in [9.17, 15) is 18.0 Å². The summed E-state index contributed by atoms with van der Waals surface area (Å²) in [7, 11) is 0. The number of ether oxygens (including phenoxy) is 1. The zero-order valence-corrected chi connectivity index (χ0v) is 11.1. The summed E-state index contributed by atoms with van der Waals surface area (Å²) in [6.45, 7) is 3.59. The first kappa shape index (κ1) is 16.3. The van der Waals surface area contributed by atoms with Gasteiger partial charge in [0.05, 0.1) is 5.56 Å². The minimum atomic E-state index is -4.38. The van der Waals surface area contributed by atoms with Crippen LogP contribution in [0.4, 0.5) is 23.7 Å². The van der Waals surface area contributed by atoms with E-state index in [2.05, 4.69) is 10.6 Å². The Bertz CT molecular complexity index is 419. The van der Waals surface area contributed by atoms with Crippen molar-refractivity contribution < 1.29 is 22.7 Å². The van der Waals surface area contributed by atoms with Gasteiger partial charge < -0.3 is 10.1 Å². The molecule has 112 valence electrons. The zero-order chi connectivity index (χ0) is 15.0. The van der Waals surface area contributed by atoms with Crippen LogP contribution in [0, 0.1) is 0 Å². The molecule has 0 saturated heterocycles. The number of hydrogen-bond acceptors (Lipinski definition) is 3. The van der Waals surface area contributed by atoms with Gasteiger partial charge >= 0.3 is 12.3 Å². The van der Waals surface area contributed by atoms with Gasteiger partial charge in [-0.2, -0.15) is 13.2 Å². The molecule has 0 saturated carbocycles. The highest BCUT2D eigenvalue weighted by atomic mass is 19.4. The summed E-state index contributed by atoms with van der Waals surface area (Å²) in [6, 6.07) is 4.16. The van der Waals surface area contributed by atoms with Crippen LogP contribution in [0.5, 0.6) is 0 Å². The molecule has 0 aromatic heterocycles. The quantitative estimate of drug-likeness (QED) is 0.791. The normalized spacial score (nSPS) is 11.2. The number of halogens is 3. The molecule has 0 spiro atoms. The Hall–Kier alpha value is -1.76. The van der Waals surface area contributed by atoms with Crippen LogP contribution in [0.15, 0.2) is 24.3 Å². The molecule has 1 rings (SSSR count). The molecule has 0 aliphatic heterocycles. The fraction of sp³-hybridized carbons (Fsp3) is 0.462. The maximum atomic E-state index is 12.3. The van der Waals surface area contributed by atoms with Crippen LogP contribution in [0.25, 0.3) is 0 Å². The Labute approximate surface area is 115 Å². The smallest absolute Gasteiger partial charge is 0.416 e. The summed E-state index contributed by atoms with van der Waals surface area (Å²) in [5.74, 6) is 0. The van der Waals surface area contributed by atoms with Crippen molar-refractivity contribution in [2.24, 2.45) is 0 Å². The molecule has 0 fully saturated rings. The molecule has 0 aliphatic carbocycles. The fourth-order valence-corrected chi connectivity index (χ4v) is 1.41. The summed E-state index contributed by atoms with van der Waals surface area (Å²) in [6.07, 6.45) is -4.09. The molecule has 0 atom stereocenters. The van der Waals surface area contributed by atoms with E-state index in [1.165, 1.54) is 12.1 Å². The first-order valence-electron chi connectivity index (χ1n) is 6.25. The molecule has 0 unspecified atom stereocenters. The Morgan fingerprint density at radius 3 is 2.40 bits per heavy atom. The van der Waals surface area contributed by atoms with Crippen molar-refractivity contribution in [3.8, 4) is 0 Å². The zero-order valence-electron chi connectivity index (χ0n) is 11.1. The van der Waals surface area contributed by atoms with Gasteiger partial charge in [0, 0.05) is 12.2 Å². The first-order valence-corrected chi connectivity index (χ1v) is 6.25. The van der Waals surface area contributed by atoms with E-state index in [4.69, 9.17) is 4.74 Å². The number of rotatable bonds is 6. The van der Waals surface area contributed by atoms with E-state index in [0.29, 0.717) is 6.54 Å². The van der Waals surface area contributed by atoms with Crippen molar-refractivity contribution in [1.82, 2.24) is 5.32 Å². The maximum absolute atomic E-state index is 12.3. The van der Waals surface area contributed by atoms with E-state index in [1.54, 1.807) is 0 Å². The summed E-state index contributed by atoms with van der Waals surface area (Å²) in [5.41, 5.74) is -0.510. The van der Waals surface area contributed by atoms with Crippen molar-refractivity contribution in [2.45, 2.75) is 19.5 Å². The predicted molar refractivity (Wildman–Crippen MR) is 69.6 cm³/mol. The summed E-state index contributed by atoms with van der Waals surface area (Å²) < 4.78 is 41.8. The Morgan fingerprint density at radius 1 is 1.20 bits per heavy atom. The molecular weight excluding hydrogens is 273 g/mol. The van der Waals surface area contributed by atoms with E-state index in [0.717, 1.165) is 25.1 Å². The second-order valence-electron chi connectivity index (χ2n) is 4.09. The predicted octanol–water partition coefficient (Wildman–Crippen LogP) is 3.25. The first-order chi connectivity index (χ1) is 9.43. The number of nitrogens with one attached hydrogen (secondary N) is 2. The van der Waals surface area contributed by atoms with Crippen LogP contribution >= 0.6 is 0 Å². The van der Waals surface area contributed by atoms with Gasteiger partial charge in [0.2, 0.25) is 0 Å². The van der Waals surface area contributed by atoms with Gasteiger partial charge in [-0.15, -0.1) is 0 Å². The Kier molecular flexibility index (Phi) is 6.30. The molecule has 0 aliphatic rings. The van der Waals surface area contributed by atoms with Crippen LogP contribution in [-0.2, 0) is 10.9 Å². The van der Waals surface area contributed by atoms with Gasteiger partial charge in [-0.25, -0.2) is 4.79 Å². The lowest BCUT2D eigenvalue weighted by atomic mass is 10.2. The van der Waals surface area contributed by atoms with E-state index in [1.807, 2.05) is 6.92 Å². The number of amides is 1. The fourth-order valence-electron chi connectivity index (χ4n) is 1.41. The monoisotopic (exact) mass is 290 g/mol. The van der Waals surface area contributed by atoms with Gasteiger partial charge in [-0.05, 0) is 37.2 Å². The SMILES string of the molecule is CCCNCCOC(=O)Nc1ccc(C(F)(F)F)cc1. The van der Waals surface area contributed by atoms with Gasteiger partial charge in [0.1, 0.15) is 6.61 Å². The molecule has 4 nitrogen and oxygen atoms in total. The molecule has 0 radical (unpaired) electrons. The van der Waals surface area contributed by atoms with E-state index >= 15 is 0 Å². The summed E-state index contributed by atoms with van der Waals surface area (Å²) >= 11 is 0. The lowest BCUT2D eigenvalue weighted by Crippen LogP contribution is -2.23. The number of anilines is 1. The minimum Gasteiger partial charge on any atom is -0.448 e. The van der Waals surface area contributed by atoms with E-state index in [-0.39, 0.29) is 12.3 Å². The van der Waals surface area contributed by atoms with Crippen molar-refractivity contribution in [3.63, 3.8) is 0 Å². The molecular formula is C13H17F3N2O2. The number of benzene rings is 1. The molecule has 1 aromatic rings. The lowest BCUT2D eigenvalue weighted by molar-refractivity contribution is -0.137. The average molecular weight is 290 g/mol. The lowest BCUT2D eigenvalue weighted by Gasteiger charge is -2.09. The number of alkyl halides is 3. The molecule has 1 amide bonds. The highest BCUT2D eigenvalue weighted by Crippen LogP contribution is 2.29. The van der Waals surface area contributed by atoms with Gasteiger partial charge in [-0.1, -0.05) is 6.92 Å². The van der Waals surface area contributed by atoms with Crippen LogP contribution in [0.1, 0.15) is 18.9 Å². The van der Waals surface area contributed by atoms with E-state index < -0.39 is 17.8 Å². The third kappa shape index (κ3) is 5.92. The average Bonchev–Trinajstić information content (AvgIpc) is 2.38. The van der Waals surface area contributed by atoms with Crippen molar-refractivity contribution >= 4 is 11.8 Å². The van der Waals surface area contributed by atoms with Crippen LogP contribution < -0.4 is 10.6 Å². The number of hydrogen-bond donors (Lipinski definition) is 2. The van der Waals surface area contributed by atoms with Gasteiger partial charge in [0.25, 0.3) is 0 Å². The number of carbonyl (C=O) groups excluding carboxylic acids is 1. The highest BCUT2D eigenvalue weighted by molar-refractivity contribution is 5.84. The second-order valence-corrected chi connectivity index (χ2v) is 4.09. The summed E-state index contributed by atoms with van der Waals surface area (Å²) in [4.78, 5) is 11.3. The van der Waals surface area contributed by atoms with Gasteiger partial charge in [0.15, 0.2) is 0 Å². The largest absolute Gasteiger partial charge is 0.448 e. The standard InChI is InChI=1S/C13H17F3N2O2/c1-2-7-17-8-9-20-12(19)18-11-5-3-10(4-6-11)13(14,15)16/h3-6,17H,2,7-9H2,1H3,(H,18,19). The molecule has 20 heavy (non-hydrogen) atoms. The minimum absolute atomic E-state index is 0.201. The third-order valence-electron chi connectivity index (χ3n) is 2.40. The van der Waals surface area contributed by atoms with Crippen LogP contribution in [0.2, 0.25) is 0 Å².